The lowest BCUT2D eigenvalue weighted by molar-refractivity contribution is -0.138. The number of hydrogen-bond acceptors (Lipinski definition) is 5. The Morgan fingerprint density at radius 3 is 2.39 bits per heavy atom. The second-order valence-corrected chi connectivity index (χ2v) is 7.24. The molecule has 0 saturated heterocycles. The Labute approximate surface area is 140 Å². The number of benzene rings is 1. The zero-order valence-electron chi connectivity index (χ0n) is 13.6. The van der Waals surface area contributed by atoms with Crippen molar-refractivity contribution in [3.05, 3.63) is 35.9 Å². The average Bonchev–Trinajstić information content (AvgIpc) is 2.45. The maximum Gasteiger partial charge on any atom is 0.408 e. The van der Waals surface area contributed by atoms with Gasteiger partial charge < -0.3 is 20.9 Å². The van der Waals surface area contributed by atoms with Crippen LogP contribution in [0.1, 0.15) is 31.6 Å². The number of hydrogen-bond donors (Lipinski definition) is 3. The van der Waals surface area contributed by atoms with Crippen LogP contribution in [0.3, 0.4) is 0 Å². The fourth-order valence-corrected chi connectivity index (χ4v) is 2.94. The van der Waals surface area contributed by atoms with Gasteiger partial charge in [-0.15, -0.1) is 11.8 Å². The summed E-state index contributed by atoms with van der Waals surface area (Å²) in [5.74, 6) is -0.905. The van der Waals surface area contributed by atoms with Crippen molar-refractivity contribution in [1.29, 1.82) is 0 Å². The van der Waals surface area contributed by atoms with Gasteiger partial charge in [0.1, 0.15) is 11.6 Å². The summed E-state index contributed by atoms with van der Waals surface area (Å²) in [6.45, 7) is 5.54. The molecule has 0 radical (unpaired) electrons. The number of thioether (sulfide) groups is 1. The number of carbonyl (C=O) groups excluding carboxylic acids is 1. The minimum absolute atomic E-state index is 0.0292. The Balaban J connectivity index is 2.62. The first kappa shape index (κ1) is 19.3. The van der Waals surface area contributed by atoms with E-state index in [1.54, 1.807) is 20.8 Å². The topological polar surface area (TPSA) is 102 Å². The van der Waals surface area contributed by atoms with Gasteiger partial charge in [0, 0.05) is 17.5 Å². The summed E-state index contributed by atoms with van der Waals surface area (Å²) in [5.41, 5.74) is 6.12. The molecule has 0 aliphatic carbocycles. The Morgan fingerprint density at radius 2 is 1.91 bits per heavy atom. The van der Waals surface area contributed by atoms with Gasteiger partial charge in [-0.05, 0) is 26.3 Å². The third-order valence-corrected chi connectivity index (χ3v) is 4.23. The van der Waals surface area contributed by atoms with Gasteiger partial charge in [0.25, 0.3) is 0 Å². The smallest absolute Gasteiger partial charge is 0.408 e. The molecule has 0 spiro atoms. The molecule has 7 heteroatoms. The van der Waals surface area contributed by atoms with Crippen LogP contribution in [0.4, 0.5) is 4.79 Å². The zero-order chi connectivity index (χ0) is 17.5. The van der Waals surface area contributed by atoms with Crippen LogP contribution >= 0.6 is 11.8 Å². The van der Waals surface area contributed by atoms with E-state index in [0.29, 0.717) is 6.54 Å². The van der Waals surface area contributed by atoms with Crippen LogP contribution in [0, 0.1) is 0 Å². The van der Waals surface area contributed by atoms with Gasteiger partial charge in [-0.2, -0.15) is 0 Å². The van der Waals surface area contributed by atoms with E-state index >= 15 is 0 Å². The van der Waals surface area contributed by atoms with E-state index in [1.165, 1.54) is 11.8 Å². The van der Waals surface area contributed by atoms with E-state index in [4.69, 9.17) is 10.5 Å². The summed E-state index contributed by atoms with van der Waals surface area (Å²) < 4.78 is 5.09. The number of rotatable bonds is 7. The second-order valence-electron chi connectivity index (χ2n) is 6.01. The average molecular weight is 340 g/mol. The molecule has 0 aliphatic heterocycles. The van der Waals surface area contributed by atoms with Crippen molar-refractivity contribution >= 4 is 23.8 Å². The predicted octanol–water partition coefficient (Wildman–Crippen LogP) is 2.40. The third kappa shape index (κ3) is 7.38. The lowest BCUT2D eigenvalue weighted by Gasteiger charge is -2.23. The standard InChI is InChI=1S/C16H24N2O4S/c1-16(2,3)22-15(21)18-12(14(19)20)10-23-13(9-17)11-7-5-4-6-8-11/h4-8,12-13H,9-10,17H2,1-3H3,(H,18,21)(H,19,20)/t12-,13?/m0/s1. The molecule has 4 N–H and O–H groups in total. The maximum absolute atomic E-state index is 11.7. The molecule has 1 amide bonds. The molecule has 1 unspecified atom stereocenters. The molecule has 0 aromatic heterocycles. The number of ether oxygens (including phenoxy) is 1. The lowest BCUT2D eigenvalue weighted by atomic mass is 10.1. The highest BCUT2D eigenvalue weighted by Crippen LogP contribution is 2.28. The molecule has 0 heterocycles. The molecular weight excluding hydrogens is 316 g/mol. The Bertz CT molecular complexity index is 517. The van der Waals surface area contributed by atoms with Crippen molar-refractivity contribution in [2.24, 2.45) is 5.73 Å². The monoisotopic (exact) mass is 340 g/mol. The summed E-state index contributed by atoms with van der Waals surface area (Å²) in [5, 5.41) is 11.6. The quantitative estimate of drug-likeness (QED) is 0.704. The van der Waals surface area contributed by atoms with Gasteiger partial charge in [0.15, 0.2) is 0 Å². The molecule has 0 saturated carbocycles. The van der Waals surface area contributed by atoms with Crippen LogP contribution in [0.2, 0.25) is 0 Å². The van der Waals surface area contributed by atoms with Crippen molar-refractivity contribution in [3.8, 4) is 0 Å². The molecular formula is C16H24N2O4S. The fraction of sp³-hybridized carbons (Fsp3) is 0.500. The van der Waals surface area contributed by atoms with Crippen LogP contribution in [0.25, 0.3) is 0 Å². The minimum Gasteiger partial charge on any atom is -0.480 e. The van der Waals surface area contributed by atoms with Gasteiger partial charge >= 0.3 is 12.1 Å². The van der Waals surface area contributed by atoms with Crippen molar-refractivity contribution in [3.63, 3.8) is 0 Å². The molecule has 0 fully saturated rings. The first-order valence-corrected chi connectivity index (χ1v) is 8.36. The lowest BCUT2D eigenvalue weighted by Crippen LogP contribution is -2.45. The predicted molar refractivity (Wildman–Crippen MR) is 91.5 cm³/mol. The highest BCUT2D eigenvalue weighted by molar-refractivity contribution is 7.99. The first-order valence-electron chi connectivity index (χ1n) is 7.32. The molecule has 1 aromatic carbocycles. The van der Waals surface area contributed by atoms with Crippen LogP contribution in [0.5, 0.6) is 0 Å². The van der Waals surface area contributed by atoms with Crippen LogP contribution in [-0.2, 0) is 9.53 Å². The fourth-order valence-electron chi connectivity index (χ4n) is 1.80. The molecule has 23 heavy (non-hydrogen) atoms. The summed E-state index contributed by atoms with van der Waals surface area (Å²) >= 11 is 1.39. The SMILES string of the molecule is CC(C)(C)OC(=O)N[C@@H](CSC(CN)c1ccccc1)C(=O)O. The van der Waals surface area contributed by atoms with E-state index in [0.717, 1.165) is 5.56 Å². The van der Waals surface area contributed by atoms with E-state index in [-0.39, 0.29) is 11.0 Å². The van der Waals surface area contributed by atoms with Crippen LogP contribution in [0.15, 0.2) is 30.3 Å². The number of carboxylic acids is 1. The van der Waals surface area contributed by atoms with Crippen molar-refractivity contribution < 1.29 is 19.4 Å². The first-order chi connectivity index (χ1) is 10.7. The van der Waals surface area contributed by atoms with Gasteiger partial charge in [-0.25, -0.2) is 9.59 Å². The number of amides is 1. The highest BCUT2D eigenvalue weighted by atomic mass is 32.2. The molecule has 1 rings (SSSR count). The van der Waals surface area contributed by atoms with Crippen LogP contribution < -0.4 is 11.1 Å². The largest absolute Gasteiger partial charge is 0.480 e. The number of carbonyl (C=O) groups is 2. The molecule has 6 nitrogen and oxygen atoms in total. The van der Waals surface area contributed by atoms with Gasteiger partial charge in [-0.3, -0.25) is 0 Å². The molecule has 0 bridgehead atoms. The highest BCUT2D eigenvalue weighted by Gasteiger charge is 2.25. The summed E-state index contributed by atoms with van der Waals surface area (Å²) in [6.07, 6.45) is -0.741. The van der Waals surface area contributed by atoms with Gasteiger partial charge in [-0.1, -0.05) is 30.3 Å². The summed E-state index contributed by atoms with van der Waals surface area (Å²) in [6, 6.07) is 8.58. The molecule has 128 valence electrons. The number of carboxylic acid groups (broad SMARTS) is 1. The van der Waals surface area contributed by atoms with E-state index < -0.39 is 23.7 Å². The zero-order valence-corrected chi connectivity index (χ0v) is 14.4. The Morgan fingerprint density at radius 1 is 1.30 bits per heavy atom. The number of alkyl carbamates (subject to hydrolysis) is 1. The van der Waals surface area contributed by atoms with Crippen molar-refractivity contribution in [2.45, 2.75) is 37.7 Å². The number of nitrogens with two attached hydrogens (primary N) is 1. The van der Waals surface area contributed by atoms with Gasteiger partial charge in [0.2, 0.25) is 0 Å². The molecule has 2 atom stereocenters. The Hall–Kier alpha value is -1.73. The van der Waals surface area contributed by atoms with E-state index in [9.17, 15) is 14.7 Å². The summed E-state index contributed by atoms with van der Waals surface area (Å²) in [7, 11) is 0. The summed E-state index contributed by atoms with van der Waals surface area (Å²) in [4.78, 5) is 23.1. The molecule has 1 aromatic rings. The molecule has 0 aliphatic rings. The maximum atomic E-state index is 11.7. The second kappa shape index (κ2) is 8.79. The van der Waals surface area contributed by atoms with Crippen molar-refractivity contribution in [1.82, 2.24) is 5.32 Å². The normalized spacial score (nSPS) is 13.9. The minimum atomic E-state index is -1.10. The Kier molecular flexibility index (Phi) is 7.38. The van der Waals surface area contributed by atoms with Gasteiger partial charge in [0.05, 0.1) is 0 Å². The van der Waals surface area contributed by atoms with E-state index in [1.807, 2.05) is 30.3 Å². The van der Waals surface area contributed by atoms with Crippen LogP contribution in [-0.4, -0.2) is 41.1 Å². The van der Waals surface area contributed by atoms with Crippen molar-refractivity contribution in [2.75, 3.05) is 12.3 Å². The van der Waals surface area contributed by atoms with E-state index in [2.05, 4.69) is 5.32 Å². The third-order valence-electron chi connectivity index (χ3n) is 2.84. The number of nitrogens with one attached hydrogen (secondary N) is 1. The number of aliphatic carboxylic acids is 1.